The van der Waals surface area contributed by atoms with Gasteiger partial charge in [-0.1, -0.05) is 30.3 Å². The van der Waals surface area contributed by atoms with Crippen molar-refractivity contribution in [3.63, 3.8) is 0 Å². The average molecular weight is 370 g/mol. The fourth-order valence-corrected chi connectivity index (χ4v) is 3.76. The first-order chi connectivity index (χ1) is 12.5. The Labute approximate surface area is 156 Å². The van der Waals surface area contributed by atoms with Crippen LogP contribution in [0.4, 0.5) is 5.82 Å². The summed E-state index contributed by atoms with van der Waals surface area (Å²) in [6, 6.07) is 10.1. The molecule has 6 nitrogen and oxygen atoms in total. The summed E-state index contributed by atoms with van der Waals surface area (Å²) in [7, 11) is 5.84. The van der Waals surface area contributed by atoms with Crippen LogP contribution in [0, 0.1) is 0 Å². The average Bonchev–Trinajstić information content (AvgIpc) is 3.03. The van der Waals surface area contributed by atoms with E-state index in [2.05, 4.69) is 17.5 Å². The first-order valence-electron chi connectivity index (χ1n) is 8.37. The largest absolute Gasteiger partial charge is 0.481 e. The van der Waals surface area contributed by atoms with E-state index >= 15 is 0 Å². The molecular formula is C19H22N4O2S. The van der Waals surface area contributed by atoms with E-state index < -0.39 is 5.97 Å². The number of hydrogen-bond donors (Lipinski definition) is 1. The lowest BCUT2D eigenvalue weighted by atomic mass is 10.1. The number of thiophene rings is 1. The number of fused-ring (bicyclic) bond motifs is 1. The highest BCUT2D eigenvalue weighted by atomic mass is 32.1. The molecule has 0 aliphatic heterocycles. The van der Waals surface area contributed by atoms with Crippen molar-refractivity contribution in [3.8, 4) is 11.1 Å². The summed E-state index contributed by atoms with van der Waals surface area (Å²) in [4.78, 5) is 25.3. The Morgan fingerprint density at radius 3 is 2.54 bits per heavy atom. The van der Waals surface area contributed by atoms with E-state index in [4.69, 9.17) is 15.1 Å². The molecule has 0 amide bonds. The Morgan fingerprint density at radius 2 is 1.88 bits per heavy atom. The zero-order chi connectivity index (χ0) is 18.7. The molecule has 0 saturated carbocycles. The number of carboxylic acid groups (broad SMARTS) is 1. The molecule has 0 bridgehead atoms. The molecule has 26 heavy (non-hydrogen) atoms. The molecule has 0 aliphatic rings. The van der Waals surface area contributed by atoms with Crippen LogP contribution in [-0.4, -0.2) is 53.6 Å². The maximum Gasteiger partial charge on any atom is 0.305 e. The van der Waals surface area contributed by atoms with Crippen molar-refractivity contribution in [2.24, 2.45) is 0 Å². The molecule has 3 rings (SSSR count). The maximum absolute atomic E-state index is 11.0. The van der Waals surface area contributed by atoms with Gasteiger partial charge in [0.25, 0.3) is 0 Å². The lowest BCUT2D eigenvalue weighted by molar-refractivity contribution is -0.136. The second-order valence-electron chi connectivity index (χ2n) is 6.46. The van der Waals surface area contributed by atoms with Crippen LogP contribution in [-0.2, 0) is 11.3 Å². The molecule has 0 fully saturated rings. The molecule has 3 aromatic rings. The summed E-state index contributed by atoms with van der Waals surface area (Å²) >= 11 is 1.59. The van der Waals surface area contributed by atoms with E-state index in [0.29, 0.717) is 13.1 Å². The Hall–Kier alpha value is -2.51. The first kappa shape index (κ1) is 18.3. The van der Waals surface area contributed by atoms with Gasteiger partial charge in [-0.3, -0.25) is 4.79 Å². The third-order valence-corrected chi connectivity index (χ3v) is 4.90. The third kappa shape index (κ3) is 4.00. The predicted molar refractivity (Wildman–Crippen MR) is 106 cm³/mol. The zero-order valence-electron chi connectivity index (χ0n) is 15.1. The van der Waals surface area contributed by atoms with Crippen LogP contribution in [0.1, 0.15) is 12.2 Å². The van der Waals surface area contributed by atoms with Gasteiger partial charge < -0.3 is 14.9 Å². The number of carboxylic acids is 1. The summed E-state index contributed by atoms with van der Waals surface area (Å²) in [5, 5.41) is 12.1. The van der Waals surface area contributed by atoms with E-state index in [-0.39, 0.29) is 6.42 Å². The van der Waals surface area contributed by atoms with Gasteiger partial charge in [-0.25, -0.2) is 9.97 Å². The number of nitrogens with zero attached hydrogens (tertiary/aromatic N) is 4. The lowest BCUT2D eigenvalue weighted by Gasteiger charge is -2.20. The van der Waals surface area contributed by atoms with Crippen molar-refractivity contribution in [2.75, 3.05) is 32.6 Å². The molecule has 0 radical (unpaired) electrons. The van der Waals surface area contributed by atoms with E-state index in [1.54, 1.807) is 11.3 Å². The second-order valence-corrected chi connectivity index (χ2v) is 7.32. The van der Waals surface area contributed by atoms with Crippen LogP contribution in [0.25, 0.3) is 21.3 Å². The van der Waals surface area contributed by atoms with Crippen LogP contribution < -0.4 is 4.90 Å². The molecule has 1 aromatic carbocycles. The summed E-state index contributed by atoms with van der Waals surface area (Å²) in [6.07, 6.45) is 0.0653. The molecule has 2 aromatic heterocycles. The number of benzene rings is 1. The van der Waals surface area contributed by atoms with Crippen LogP contribution in [0.5, 0.6) is 0 Å². The molecular weight excluding hydrogens is 348 g/mol. The SMILES string of the molecule is CN(C)Cc1nc(N(C)CCC(=O)O)c2c(-c3ccccc3)csc2n1. The summed E-state index contributed by atoms with van der Waals surface area (Å²) in [6.45, 7) is 1.03. The van der Waals surface area contributed by atoms with Crippen molar-refractivity contribution in [1.29, 1.82) is 0 Å². The molecule has 1 N–H and O–H groups in total. The van der Waals surface area contributed by atoms with Crippen LogP contribution in [0.3, 0.4) is 0 Å². The van der Waals surface area contributed by atoms with Crippen molar-refractivity contribution in [1.82, 2.24) is 14.9 Å². The molecule has 0 atom stereocenters. The Balaban J connectivity index is 2.13. The van der Waals surface area contributed by atoms with Gasteiger partial charge in [-0.15, -0.1) is 11.3 Å². The van der Waals surface area contributed by atoms with Crippen LogP contribution in [0.2, 0.25) is 0 Å². The van der Waals surface area contributed by atoms with Crippen molar-refractivity contribution < 1.29 is 9.90 Å². The van der Waals surface area contributed by atoms with Gasteiger partial charge in [-0.05, 0) is 19.7 Å². The van der Waals surface area contributed by atoms with E-state index in [0.717, 1.165) is 33.0 Å². The predicted octanol–water partition coefficient (Wildman–Crippen LogP) is 3.33. The standard InChI is InChI=1S/C19H22N4O2S/c1-22(2)11-15-20-18(23(3)10-9-16(24)25)17-14(12-26-19(17)21-15)13-7-5-4-6-8-13/h4-8,12H,9-11H2,1-3H3,(H,24,25). The van der Waals surface area contributed by atoms with Crippen LogP contribution >= 0.6 is 11.3 Å². The fourth-order valence-electron chi connectivity index (χ4n) is 2.80. The number of carbonyl (C=O) groups is 1. The maximum atomic E-state index is 11.0. The minimum absolute atomic E-state index is 0.0653. The minimum Gasteiger partial charge on any atom is -0.481 e. The topological polar surface area (TPSA) is 69.6 Å². The Kier molecular flexibility index (Phi) is 5.49. The number of anilines is 1. The molecule has 0 saturated heterocycles. The normalized spacial score (nSPS) is 11.2. The highest BCUT2D eigenvalue weighted by Gasteiger charge is 2.18. The van der Waals surface area contributed by atoms with Gasteiger partial charge in [-0.2, -0.15) is 0 Å². The summed E-state index contributed by atoms with van der Waals surface area (Å²) < 4.78 is 0. The van der Waals surface area contributed by atoms with Crippen molar-refractivity contribution >= 4 is 33.3 Å². The van der Waals surface area contributed by atoms with Crippen molar-refractivity contribution in [3.05, 3.63) is 41.5 Å². The van der Waals surface area contributed by atoms with Crippen LogP contribution in [0.15, 0.2) is 35.7 Å². The van der Waals surface area contributed by atoms with Gasteiger partial charge in [0, 0.05) is 24.5 Å². The number of aliphatic carboxylic acids is 1. The lowest BCUT2D eigenvalue weighted by Crippen LogP contribution is -2.23. The molecule has 7 heteroatoms. The van der Waals surface area contributed by atoms with Gasteiger partial charge in [0.1, 0.15) is 16.5 Å². The summed E-state index contributed by atoms with van der Waals surface area (Å²) in [5.41, 5.74) is 2.19. The summed E-state index contributed by atoms with van der Waals surface area (Å²) in [5.74, 6) is 0.707. The molecule has 2 heterocycles. The van der Waals surface area contributed by atoms with Gasteiger partial charge in [0.15, 0.2) is 0 Å². The highest BCUT2D eigenvalue weighted by Crippen LogP contribution is 2.38. The Bertz CT molecular complexity index is 909. The van der Waals surface area contributed by atoms with E-state index in [1.807, 2.05) is 49.1 Å². The number of rotatable bonds is 7. The zero-order valence-corrected chi connectivity index (χ0v) is 16.0. The van der Waals surface area contributed by atoms with E-state index in [1.165, 1.54) is 0 Å². The van der Waals surface area contributed by atoms with Gasteiger partial charge in [0.05, 0.1) is 18.4 Å². The van der Waals surface area contributed by atoms with Crippen molar-refractivity contribution in [2.45, 2.75) is 13.0 Å². The molecule has 0 unspecified atom stereocenters. The molecule has 0 aliphatic carbocycles. The fraction of sp³-hybridized carbons (Fsp3) is 0.316. The third-order valence-electron chi connectivity index (χ3n) is 4.03. The van der Waals surface area contributed by atoms with E-state index in [9.17, 15) is 4.79 Å². The molecule has 136 valence electrons. The quantitative estimate of drug-likeness (QED) is 0.688. The molecule has 0 spiro atoms. The number of hydrogen-bond acceptors (Lipinski definition) is 6. The Morgan fingerprint density at radius 1 is 1.15 bits per heavy atom. The highest BCUT2D eigenvalue weighted by molar-refractivity contribution is 7.17. The number of aromatic nitrogens is 2. The van der Waals surface area contributed by atoms with Gasteiger partial charge in [0.2, 0.25) is 0 Å². The minimum atomic E-state index is -0.815. The smallest absolute Gasteiger partial charge is 0.305 e. The monoisotopic (exact) mass is 370 g/mol. The first-order valence-corrected chi connectivity index (χ1v) is 9.25. The van der Waals surface area contributed by atoms with Gasteiger partial charge >= 0.3 is 5.97 Å². The second kappa shape index (κ2) is 7.80.